The Hall–Kier alpha value is -2.46. The molecule has 8 nitrogen and oxygen atoms in total. The van der Waals surface area contributed by atoms with Crippen LogP contribution in [-0.2, 0) is 27.9 Å². The van der Waals surface area contributed by atoms with E-state index in [2.05, 4.69) is 39.0 Å². The molecule has 1 aliphatic rings. The van der Waals surface area contributed by atoms with Gasteiger partial charge < -0.3 is 15.0 Å². The number of ether oxygens (including phenoxy) is 1. The molecule has 1 amide bonds. The molecule has 0 radical (unpaired) electrons. The van der Waals surface area contributed by atoms with Crippen molar-refractivity contribution in [3.63, 3.8) is 0 Å². The third-order valence-corrected chi connectivity index (χ3v) is 7.05. The van der Waals surface area contributed by atoms with Gasteiger partial charge in [0.2, 0.25) is 15.9 Å². The minimum absolute atomic E-state index is 0.0326. The van der Waals surface area contributed by atoms with Gasteiger partial charge in [-0.15, -0.1) is 0 Å². The Balaban J connectivity index is 1.41. The van der Waals surface area contributed by atoms with E-state index in [4.69, 9.17) is 4.74 Å². The Morgan fingerprint density at radius 1 is 1.03 bits per heavy atom. The molecule has 9 heteroatoms. The maximum Gasteiger partial charge on any atom is 0.240 e. The number of carbonyl (C=O) groups is 1. The highest BCUT2D eigenvalue weighted by atomic mass is 32.2. The molecule has 2 aromatic rings. The topological polar surface area (TPSA) is 91.0 Å². The highest BCUT2D eigenvalue weighted by Gasteiger charge is 2.15. The summed E-state index contributed by atoms with van der Waals surface area (Å²) in [6.07, 6.45) is 0.0667. The molecule has 0 aromatic heterocycles. The van der Waals surface area contributed by atoms with Crippen molar-refractivity contribution >= 4 is 15.9 Å². The number of benzene rings is 2. The first-order valence-corrected chi connectivity index (χ1v) is 12.8. The number of likely N-dealkylation sites (N-methyl/N-ethyl adjacent to an activating group) is 1. The number of nitrogens with one attached hydrogen (secondary N) is 2. The number of hydrogen-bond donors (Lipinski definition) is 2. The standard InChI is InChI=1S/C24H34N4O4S/c1-3-32-22-7-9-23(10-8-22)33(30,31)26-12-11-24(29)25-18-20-5-4-6-21(17-20)19-28-15-13-27(2)14-16-28/h4-10,17,26H,3,11-16,18-19H2,1-2H3,(H,25,29). The van der Waals surface area contributed by atoms with Crippen molar-refractivity contribution in [2.75, 3.05) is 46.4 Å². The van der Waals surface area contributed by atoms with E-state index >= 15 is 0 Å². The second-order valence-electron chi connectivity index (χ2n) is 8.23. The van der Waals surface area contributed by atoms with Gasteiger partial charge in [0, 0.05) is 52.2 Å². The molecule has 1 saturated heterocycles. The Labute approximate surface area is 197 Å². The van der Waals surface area contributed by atoms with Crippen molar-refractivity contribution in [3.05, 3.63) is 59.7 Å². The van der Waals surface area contributed by atoms with E-state index in [1.54, 1.807) is 12.1 Å². The molecule has 0 atom stereocenters. The zero-order valence-corrected chi connectivity index (χ0v) is 20.2. The van der Waals surface area contributed by atoms with Crippen LogP contribution in [-0.4, -0.2) is 70.5 Å². The van der Waals surface area contributed by atoms with E-state index in [1.807, 2.05) is 19.1 Å². The van der Waals surface area contributed by atoms with Crippen LogP contribution >= 0.6 is 0 Å². The van der Waals surface area contributed by atoms with E-state index in [0.717, 1.165) is 38.3 Å². The molecule has 2 N–H and O–H groups in total. The average molecular weight is 475 g/mol. The van der Waals surface area contributed by atoms with Gasteiger partial charge in [0.15, 0.2) is 0 Å². The molecule has 3 rings (SSSR count). The van der Waals surface area contributed by atoms with Gasteiger partial charge in [-0.25, -0.2) is 13.1 Å². The summed E-state index contributed by atoms with van der Waals surface area (Å²) >= 11 is 0. The van der Waals surface area contributed by atoms with Crippen LogP contribution in [0.2, 0.25) is 0 Å². The largest absolute Gasteiger partial charge is 0.494 e. The molecule has 33 heavy (non-hydrogen) atoms. The zero-order chi connectivity index (χ0) is 23.7. The Bertz CT molecular complexity index is 1000. The summed E-state index contributed by atoms with van der Waals surface area (Å²) in [5, 5.41) is 2.87. The molecular formula is C24H34N4O4S. The van der Waals surface area contributed by atoms with E-state index in [9.17, 15) is 13.2 Å². The van der Waals surface area contributed by atoms with Crippen molar-refractivity contribution < 1.29 is 17.9 Å². The van der Waals surface area contributed by atoms with Crippen molar-refractivity contribution in [2.45, 2.75) is 31.3 Å². The first-order valence-electron chi connectivity index (χ1n) is 11.3. The molecular weight excluding hydrogens is 440 g/mol. The van der Waals surface area contributed by atoms with Crippen molar-refractivity contribution in [1.29, 1.82) is 0 Å². The minimum atomic E-state index is -3.67. The van der Waals surface area contributed by atoms with Gasteiger partial charge in [-0.1, -0.05) is 24.3 Å². The summed E-state index contributed by atoms with van der Waals surface area (Å²) in [6.45, 7) is 8.02. The molecule has 0 saturated carbocycles. The minimum Gasteiger partial charge on any atom is -0.494 e. The lowest BCUT2D eigenvalue weighted by atomic mass is 10.1. The number of carbonyl (C=O) groups excluding carboxylic acids is 1. The summed E-state index contributed by atoms with van der Waals surface area (Å²) in [5.74, 6) is 0.414. The number of nitrogens with zero attached hydrogens (tertiary/aromatic N) is 2. The average Bonchev–Trinajstić information content (AvgIpc) is 2.80. The van der Waals surface area contributed by atoms with Crippen molar-refractivity contribution in [2.24, 2.45) is 0 Å². The van der Waals surface area contributed by atoms with E-state index in [0.29, 0.717) is 18.9 Å². The summed E-state index contributed by atoms with van der Waals surface area (Å²) < 4.78 is 32.6. The third-order valence-electron chi connectivity index (χ3n) is 5.57. The highest BCUT2D eigenvalue weighted by Crippen LogP contribution is 2.16. The Morgan fingerprint density at radius 3 is 2.42 bits per heavy atom. The van der Waals surface area contributed by atoms with Crippen LogP contribution in [0.1, 0.15) is 24.5 Å². The zero-order valence-electron chi connectivity index (χ0n) is 19.4. The SMILES string of the molecule is CCOc1ccc(S(=O)(=O)NCCC(=O)NCc2cccc(CN3CCN(C)CC3)c2)cc1. The van der Waals surface area contributed by atoms with Gasteiger partial charge in [0.1, 0.15) is 5.75 Å². The first-order chi connectivity index (χ1) is 15.9. The molecule has 1 fully saturated rings. The van der Waals surface area contributed by atoms with Crippen LogP contribution in [0.5, 0.6) is 5.75 Å². The number of sulfonamides is 1. The van der Waals surface area contributed by atoms with Crippen LogP contribution < -0.4 is 14.8 Å². The van der Waals surface area contributed by atoms with Crippen LogP contribution in [0.15, 0.2) is 53.4 Å². The van der Waals surface area contributed by atoms with E-state index in [-0.39, 0.29) is 23.8 Å². The smallest absolute Gasteiger partial charge is 0.240 e. The molecule has 2 aromatic carbocycles. The second-order valence-corrected chi connectivity index (χ2v) is 10.00. The molecule has 180 valence electrons. The normalized spacial score (nSPS) is 15.3. The second kappa shape index (κ2) is 12.1. The molecule has 0 spiro atoms. The predicted octanol–water partition coefficient (Wildman–Crippen LogP) is 1.82. The van der Waals surface area contributed by atoms with E-state index in [1.165, 1.54) is 17.7 Å². The maximum absolute atomic E-state index is 12.4. The third kappa shape index (κ3) is 8.12. The molecule has 0 bridgehead atoms. The van der Waals surface area contributed by atoms with Crippen LogP contribution in [0.25, 0.3) is 0 Å². The van der Waals surface area contributed by atoms with E-state index < -0.39 is 10.0 Å². The number of hydrogen-bond acceptors (Lipinski definition) is 6. The quantitative estimate of drug-likeness (QED) is 0.516. The maximum atomic E-state index is 12.4. The Kier molecular flexibility index (Phi) is 9.25. The molecule has 1 aliphatic heterocycles. The van der Waals surface area contributed by atoms with Crippen LogP contribution in [0.3, 0.4) is 0 Å². The highest BCUT2D eigenvalue weighted by molar-refractivity contribution is 7.89. The molecule has 1 heterocycles. The fourth-order valence-corrected chi connectivity index (χ4v) is 4.69. The van der Waals surface area contributed by atoms with Crippen molar-refractivity contribution in [3.8, 4) is 5.75 Å². The summed E-state index contributed by atoms with van der Waals surface area (Å²) in [4.78, 5) is 17.1. The lowest BCUT2D eigenvalue weighted by molar-refractivity contribution is -0.121. The van der Waals surface area contributed by atoms with Gasteiger partial charge in [-0.3, -0.25) is 9.69 Å². The number of rotatable bonds is 11. The summed E-state index contributed by atoms with van der Waals surface area (Å²) in [6, 6.07) is 14.4. The van der Waals surface area contributed by atoms with Crippen LogP contribution in [0.4, 0.5) is 0 Å². The number of piperazine rings is 1. The lowest BCUT2D eigenvalue weighted by Crippen LogP contribution is -2.43. The summed E-state index contributed by atoms with van der Waals surface area (Å²) in [5.41, 5.74) is 2.26. The molecule has 0 unspecified atom stereocenters. The van der Waals surface area contributed by atoms with Gasteiger partial charge in [-0.2, -0.15) is 0 Å². The van der Waals surface area contributed by atoms with Gasteiger partial charge in [0.25, 0.3) is 0 Å². The fourth-order valence-electron chi connectivity index (χ4n) is 3.66. The van der Waals surface area contributed by atoms with Crippen LogP contribution in [0, 0.1) is 0 Å². The molecule has 0 aliphatic carbocycles. The number of amides is 1. The van der Waals surface area contributed by atoms with Gasteiger partial charge in [0.05, 0.1) is 11.5 Å². The predicted molar refractivity (Wildman–Crippen MR) is 128 cm³/mol. The monoisotopic (exact) mass is 474 g/mol. The van der Waals surface area contributed by atoms with Gasteiger partial charge >= 0.3 is 0 Å². The fraction of sp³-hybridized carbons (Fsp3) is 0.458. The lowest BCUT2D eigenvalue weighted by Gasteiger charge is -2.32. The van der Waals surface area contributed by atoms with Gasteiger partial charge in [-0.05, 0) is 49.4 Å². The Morgan fingerprint density at radius 2 is 1.73 bits per heavy atom. The summed E-state index contributed by atoms with van der Waals surface area (Å²) in [7, 11) is -1.53. The van der Waals surface area contributed by atoms with Crippen molar-refractivity contribution in [1.82, 2.24) is 19.8 Å². The first kappa shape index (κ1) is 25.2.